The van der Waals surface area contributed by atoms with Crippen LogP contribution in [0.1, 0.15) is 32.6 Å². The monoisotopic (exact) mass is 284 g/mol. The topological polar surface area (TPSA) is 109 Å². The van der Waals surface area contributed by atoms with Gasteiger partial charge in [0, 0.05) is 6.42 Å². The van der Waals surface area contributed by atoms with Crippen molar-refractivity contribution in [3.8, 4) is 0 Å². The number of aromatic nitrogens is 3. The Bertz CT molecular complexity index is 433. The average Bonchev–Trinajstić information content (AvgIpc) is 2.79. The van der Waals surface area contributed by atoms with Crippen LogP contribution in [0.5, 0.6) is 0 Å². The van der Waals surface area contributed by atoms with Crippen molar-refractivity contribution in [2.24, 2.45) is 0 Å². The molecule has 0 saturated carbocycles. The highest BCUT2D eigenvalue weighted by atomic mass is 16.5. The fourth-order valence-electron chi connectivity index (χ4n) is 1.53. The maximum absolute atomic E-state index is 11.4. The minimum Gasteiger partial charge on any atom is -0.466 e. The van der Waals surface area contributed by atoms with E-state index in [0.29, 0.717) is 26.1 Å². The maximum Gasteiger partial charge on any atom is 0.327 e. The number of nitrogen functional groups attached to an aromatic ring is 1. The number of anilines is 1. The van der Waals surface area contributed by atoms with Gasteiger partial charge in [-0.05, 0) is 26.2 Å². The van der Waals surface area contributed by atoms with Crippen LogP contribution in [0.15, 0.2) is 6.33 Å². The lowest BCUT2D eigenvalue weighted by molar-refractivity contribution is -0.145. The van der Waals surface area contributed by atoms with E-state index in [1.54, 1.807) is 6.92 Å². The highest BCUT2D eigenvalue weighted by molar-refractivity contribution is 5.69. The number of rotatable bonds is 9. The van der Waals surface area contributed by atoms with Crippen molar-refractivity contribution in [3.63, 3.8) is 0 Å². The third-order valence-electron chi connectivity index (χ3n) is 2.44. The molecule has 1 rings (SSSR count). The lowest BCUT2D eigenvalue weighted by Gasteiger charge is -2.04. The van der Waals surface area contributed by atoms with E-state index in [4.69, 9.17) is 15.2 Å². The van der Waals surface area contributed by atoms with Gasteiger partial charge in [-0.1, -0.05) is 0 Å². The summed E-state index contributed by atoms with van der Waals surface area (Å²) in [5.41, 5.74) is 5.32. The van der Waals surface area contributed by atoms with Crippen LogP contribution in [0.3, 0.4) is 0 Å². The molecule has 8 heteroatoms. The Balaban J connectivity index is 2.01. The second-order valence-corrected chi connectivity index (χ2v) is 4.14. The lowest BCUT2D eigenvalue weighted by Crippen LogP contribution is -2.14. The number of carbonyl (C=O) groups is 2. The summed E-state index contributed by atoms with van der Waals surface area (Å²) in [4.78, 5) is 26.2. The van der Waals surface area contributed by atoms with Gasteiger partial charge < -0.3 is 15.2 Å². The molecule has 0 aromatic carbocycles. The zero-order valence-corrected chi connectivity index (χ0v) is 11.6. The molecule has 0 bridgehead atoms. The Morgan fingerprint density at radius 1 is 1.25 bits per heavy atom. The largest absolute Gasteiger partial charge is 0.466 e. The Labute approximate surface area is 117 Å². The van der Waals surface area contributed by atoms with Crippen LogP contribution in [-0.4, -0.2) is 39.9 Å². The maximum atomic E-state index is 11.4. The third kappa shape index (κ3) is 6.72. The van der Waals surface area contributed by atoms with E-state index in [-0.39, 0.29) is 24.4 Å². The average molecular weight is 284 g/mol. The highest BCUT2D eigenvalue weighted by Crippen LogP contribution is 2.02. The summed E-state index contributed by atoms with van der Waals surface area (Å²) in [7, 11) is 0. The van der Waals surface area contributed by atoms with Gasteiger partial charge in [0.2, 0.25) is 5.95 Å². The van der Waals surface area contributed by atoms with Crippen molar-refractivity contribution in [1.29, 1.82) is 0 Å². The Hall–Kier alpha value is -2.12. The van der Waals surface area contributed by atoms with Crippen LogP contribution in [0.2, 0.25) is 0 Å². The van der Waals surface area contributed by atoms with E-state index in [1.807, 2.05) is 0 Å². The van der Waals surface area contributed by atoms with Crippen molar-refractivity contribution in [3.05, 3.63) is 6.33 Å². The summed E-state index contributed by atoms with van der Waals surface area (Å²) < 4.78 is 11.1. The molecule has 0 fully saturated rings. The summed E-state index contributed by atoms with van der Waals surface area (Å²) in [6.45, 7) is 2.50. The second kappa shape index (κ2) is 8.89. The molecule has 0 atom stereocenters. The molecule has 1 heterocycles. The van der Waals surface area contributed by atoms with Gasteiger partial charge in [0.15, 0.2) is 0 Å². The van der Waals surface area contributed by atoms with E-state index in [1.165, 1.54) is 11.0 Å². The van der Waals surface area contributed by atoms with Crippen molar-refractivity contribution in [1.82, 2.24) is 14.8 Å². The van der Waals surface area contributed by atoms with Crippen LogP contribution in [0.25, 0.3) is 0 Å². The molecule has 0 aliphatic carbocycles. The second-order valence-electron chi connectivity index (χ2n) is 4.14. The van der Waals surface area contributed by atoms with Gasteiger partial charge in [-0.3, -0.25) is 9.59 Å². The van der Waals surface area contributed by atoms with E-state index in [0.717, 1.165) is 12.8 Å². The molecule has 112 valence electrons. The molecule has 0 aliphatic rings. The van der Waals surface area contributed by atoms with Crippen LogP contribution in [0, 0.1) is 0 Å². The Kier molecular flexibility index (Phi) is 7.08. The quantitative estimate of drug-likeness (QED) is 0.520. The van der Waals surface area contributed by atoms with Crippen molar-refractivity contribution in [2.75, 3.05) is 18.9 Å². The van der Waals surface area contributed by atoms with Gasteiger partial charge in [0.05, 0.1) is 13.2 Å². The Morgan fingerprint density at radius 2 is 2.05 bits per heavy atom. The van der Waals surface area contributed by atoms with Crippen LogP contribution >= 0.6 is 0 Å². The SMILES string of the molecule is CCOC(=O)CCCCCOC(=O)Cn1cnc(N)n1. The Morgan fingerprint density at radius 3 is 2.70 bits per heavy atom. The fraction of sp³-hybridized carbons (Fsp3) is 0.667. The van der Waals surface area contributed by atoms with Crippen LogP contribution in [-0.2, 0) is 25.6 Å². The predicted octanol–water partition coefficient (Wildman–Crippen LogP) is 0.527. The molecule has 8 nitrogen and oxygen atoms in total. The molecule has 0 saturated heterocycles. The smallest absolute Gasteiger partial charge is 0.327 e. The minimum atomic E-state index is -0.389. The van der Waals surface area contributed by atoms with Crippen molar-refractivity contribution < 1.29 is 19.1 Å². The summed E-state index contributed by atoms with van der Waals surface area (Å²) in [5.74, 6) is -0.453. The summed E-state index contributed by atoms with van der Waals surface area (Å²) in [5, 5.41) is 3.78. The normalized spacial score (nSPS) is 10.2. The van der Waals surface area contributed by atoms with E-state index in [2.05, 4.69) is 10.1 Å². The number of nitrogens with zero attached hydrogens (tertiary/aromatic N) is 3. The highest BCUT2D eigenvalue weighted by Gasteiger charge is 2.06. The number of unbranched alkanes of at least 4 members (excludes halogenated alkanes) is 2. The molecule has 2 N–H and O–H groups in total. The number of esters is 2. The number of carbonyl (C=O) groups excluding carboxylic acids is 2. The zero-order valence-electron chi connectivity index (χ0n) is 11.6. The van der Waals surface area contributed by atoms with Gasteiger partial charge in [-0.25, -0.2) is 9.67 Å². The first kappa shape index (κ1) is 15.9. The number of hydrogen-bond donors (Lipinski definition) is 1. The molecule has 20 heavy (non-hydrogen) atoms. The molecule has 0 amide bonds. The molecule has 1 aromatic heterocycles. The summed E-state index contributed by atoms with van der Waals surface area (Å²) >= 11 is 0. The fourth-order valence-corrected chi connectivity index (χ4v) is 1.53. The van der Waals surface area contributed by atoms with Gasteiger partial charge in [-0.15, -0.1) is 5.10 Å². The molecule has 0 aliphatic heterocycles. The van der Waals surface area contributed by atoms with Crippen LogP contribution in [0.4, 0.5) is 5.95 Å². The van der Waals surface area contributed by atoms with Crippen molar-refractivity contribution in [2.45, 2.75) is 39.2 Å². The van der Waals surface area contributed by atoms with Gasteiger partial charge >= 0.3 is 11.9 Å². The summed E-state index contributed by atoms with van der Waals surface area (Å²) in [6.07, 6.45) is 4.03. The first-order chi connectivity index (χ1) is 9.61. The molecular formula is C12H20N4O4. The standard InChI is InChI=1S/C12H20N4O4/c1-2-19-10(17)6-4-3-5-7-20-11(18)8-16-9-14-12(13)15-16/h9H,2-8H2,1H3,(H2,13,15). The number of nitrogens with two attached hydrogens (primary N) is 1. The number of hydrogen-bond acceptors (Lipinski definition) is 7. The van der Waals surface area contributed by atoms with Gasteiger partial charge in [-0.2, -0.15) is 0 Å². The van der Waals surface area contributed by atoms with E-state index in [9.17, 15) is 9.59 Å². The molecular weight excluding hydrogens is 264 g/mol. The first-order valence-electron chi connectivity index (χ1n) is 6.58. The molecule has 1 aromatic rings. The third-order valence-corrected chi connectivity index (χ3v) is 2.44. The molecule has 0 unspecified atom stereocenters. The van der Waals surface area contributed by atoms with E-state index >= 15 is 0 Å². The predicted molar refractivity (Wildman–Crippen MR) is 70.5 cm³/mol. The van der Waals surface area contributed by atoms with E-state index < -0.39 is 0 Å². The minimum absolute atomic E-state index is 0.00692. The summed E-state index contributed by atoms with van der Waals surface area (Å²) in [6, 6.07) is 0. The van der Waals surface area contributed by atoms with Gasteiger partial charge in [0.1, 0.15) is 12.9 Å². The number of ether oxygens (including phenoxy) is 2. The lowest BCUT2D eigenvalue weighted by atomic mass is 10.2. The van der Waals surface area contributed by atoms with Crippen LogP contribution < -0.4 is 5.73 Å². The first-order valence-corrected chi connectivity index (χ1v) is 6.58. The van der Waals surface area contributed by atoms with Gasteiger partial charge in [0.25, 0.3) is 0 Å². The zero-order chi connectivity index (χ0) is 14.8. The molecule has 0 spiro atoms. The van der Waals surface area contributed by atoms with Crippen molar-refractivity contribution >= 4 is 17.9 Å². The molecule has 0 radical (unpaired) electrons.